The van der Waals surface area contributed by atoms with Gasteiger partial charge in [0, 0.05) is 18.8 Å². The Hall–Kier alpha value is -3.12. The highest BCUT2D eigenvalue weighted by molar-refractivity contribution is 5.58. The Balaban J connectivity index is 2.19. The van der Waals surface area contributed by atoms with E-state index in [1.54, 1.807) is 6.08 Å². The summed E-state index contributed by atoms with van der Waals surface area (Å²) in [5, 5.41) is 36.2. The molecule has 0 atom stereocenters. The van der Waals surface area contributed by atoms with E-state index in [9.17, 15) is 10.2 Å². The lowest BCUT2D eigenvalue weighted by Crippen LogP contribution is -2.29. The Labute approximate surface area is 179 Å². The molecule has 156 valence electrons. The molecule has 0 amide bonds. The molecule has 0 spiro atoms. The van der Waals surface area contributed by atoms with Crippen molar-refractivity contribution in [3.05, 3.63) is 70.9 Å². The third-order valence-electron chi connectivity index (χ3n) is 4.93. The van der Waals surface area contributed by atoms with E-state index in [1.165, 1.54) is 5.57 Å². The van der Waals surface area contributed by atoms with Crippen molar-refractivity contribution in [2.45, 2.75) is 26.7 Å². The molecule has 0 unspecified atom stereocenters. The number of aliphatic hydroxyl groups is 2. The molecule has 0 aliphatic heterocycles. The maximum Gasteiger partial charge on any atom is 0.129 e. The second-order valence-electron chi connectivity index (χ2n) is 8.14. The smallest absolute Gasteiger partial charge is 0.129 e. The van der Waals surface area contributed by atoms with Crippen molar-refractivity contribution in [2.24, 2.45) is 5.41 Å². The molecule has 0 fully saturated rings. The van der Waals surface area contributed by atoms with Gasteiger partial charge in [0.2, 0.25) is 0 Å². The van der Waals surface area contributed by atoms with Crippen LogP contribution in [0.4, 0.5) is 5.69 Å². The molecule has 1 aromatic carbocycles. The van der Waals surface area contributed by atoms with Crippen LogP contribution in [0.15, 0.2) is 65.3 Å². The van der Waals surface area contributed by atoms with Crippen molar-refractivity contribution >= 4 is 11.8 Å². The lowest BCUT2D eigenvalue weighted by molar-refractivity contribution is 0.281. The van der Waals surface area contributed by atoms with Crippen molar-refractivity contribution in [1.82, 2.24) is 0 Å². The first kappa shape index (κ1) is 23.2. The summed E-state index contributed by atoms with van der Waals surface area (Å²) >= 11 is 0. The maximum atomic E-state index is 9.19. The van der Waals surface area contributed by atoms with E-state index < -0.39 is 0 Å². The minimum atomic E-state index is 0.0425. The zero-order valence-corrected chi connectivity index (χ0v) is 17.7. The van der Waals surface area contributed by atoms with Crippen molar-refractivity contribution in [2.75, 3.05) is 31.2 Å². The topological polar surface area (TPSA) is 91.3 Å². The van der Waals surface area contributed by atoms with Gasteiger partial charge < -0.3 is 15.1 Å². The van der Waals surface area contributed by atoms with E-state index in [0.29, 0.717) is 13.1 Å². The third-order valence-corrected chi connectivity index (χ3v) is 4.93. The van der Waals surface area contributed by atoms with E-state index >= 15 is 0 Å². The van der Waals surface area contributed by atoms with Crippen LogP contribution in [0.25, 0.3) is 6.08 Å². The molecule has 1 aliphatic carbocycles. The normalized spacial score (nSPS) is 16.6. The molecule has 0 saturated carbocycles. The minimum absolute atomic E-state index is 0.0425. The molecule has 2 N–H and O–H groups in total. The summed E-state index contributed by atoms with van der Waals surface area (Å²) in [5.41, 5.74) is 4.55. The highest BCUT2D eigenvalue weighted by atomic mass is 16.3. The van der Waals surface area contributed by atoms with Crippen LogP contribution in [-0.4, -0.2) is 36.5 Å². The molecule has 1 aromatic rings. The quantitative estimate of drug-likeness (QED) is 0.637. The van der Waals surface area contributed by atoms with Crippen LogP contribution in [0.1, 0.15) is 32.3 Å². The van der Waals surface area contributed by atoms with Gasteiger partial charge in [-0.2, -0.15) is 10.5 Å². The second-order valence-corrected chi connectivity index (χ2v) is 8.14. The first-order valence-corrected chi connectivity index (χ1v) is 10.1. The third kappa shape index (κ3) is 7.04. The number of benzene rings is 1. The Morgan fingerprint density at radius 3 is 2.23 bits per heavy atom. The first-order chi connectivity index (χ1) is 14.4. The minimum Gasteiger partial charge on any atom is -0.395 e. The average Bonchev–Trinajstić information content (AvgIpc) is 2.72. The number of hydrogen-bond donors (Lipinski definition) is 2. The summed E-state index contributed by atoms with van der Waals surface area (Å²) in [6.07, 6.45) is 11.6. The standard InChI is InChI=1S/C25H29N3O2/c1-25(2)16-21(15-22(17-25)5-6-23(18-26)19-27)4-3-20-7-9-24(10-8-20)28(11-13-29)12-14-30/h3-10,15,29-30H,11-14,16-17H2,1-2H3/b4-3+,22-5-. The van der Waals surface area contributed by atoms with Crippen molar-refractivity contribution in [3.8, 4) is 12.1 Å². The summed E-state index contributed by atoms with van der Waals surface area (Å²) in [6.45, 7) is 5.49. The molecule has 1 aliphatic rings. The molecular weight excluding hydrogens is 374 g/mol. The van der Waals surface area contributed by atoms with Gasteiger partial charge in [-0.05, 0) is 53.2 Å². The Morgan fingerprint density at radius 1 is 1.03 bits per heavy atom. The zero-order valence-electron chi connectivity index (χ0n) is 17.7. The Bertz CT molecular complexity index is 901. The number of rotatable bonds is 8. The molecule has 0 bridgehead atoms. The molecule has 5 nitrogen and oxygen atoms in total. The number of anilines is 1. The van der Waals surface area contributed by atoms with Crippen LogP contribution in [0, 0.1) is 28.1 Å². The predicted molar refractivity (Wildman–Crippen MR) is 120 cm³/mol. The van der Waals surface area contributed by atoms with E-state index in [1.807, 2.05) is 47.4 Å². The molecule has 0 heterocycles. The fourth-order valence-electron chi connectivity index (χ4n) is 3.62. The maximum absolute atomic E-state index is 9.19. The van der Waals surface area contributed by atoms with Crippen LogP contribution in [-0.2, 0) is 0 Å². The van der Waals surface area contributed by atoms with Crippen LogP contribution in [0.3, 0.4) is 0 Å². The molecule has 0 aromatic heterocycles. The van der Waals surface area contributed by atoms with Crippen LogP contribution in [0.5, 0.6) is 0 Å². The molecule has 0 radical (unpaired) electrons. The van der Waals surface area contributed by atoms with Gasteiger partial charge in [-0.1, -0.05) is 50.3 Å². The molecule has 2 rings (SSSR count). The van der Waals surface area contributed by atoms with E-state index in [0.717, 1.165) is 29.7 Å². The number of nitriles is 2. The van der Waals surface area contributed by atoms with Crippen LogP contribution >= 0.6 is 0 Å². The highest BCUT2D eigenvalue weighted by Gasteiger charge is 2.24. The average molecular weight is 404 g/mol. The molecule has 0 saturated heterocycles. The van der Waals surface area contributed by atoms with Crippen LogP contribution < -0.4 is 4.90 Å². The van der Waals surface area contributed by atoms with Crippen molar-refractivity contribution in [1.29, 1.82) is 10.5 Å². The zero-order chi connectivity index (χ0) is 22.0. The summed E-state index contributed by atoms with van der Waals surface area (Å²) < 4.78 is 0. The largest absolute Gasteiger partial charge is 0.395 e. The van der Waals surface area contributed by atoms with Gasteiger partial charge >= 0.3 is 0 Å². The SMILES string of the molecule is CC1(C)CC(/C=C/c2ccc(N(CCO)CCO)cc2)=CC(=C/C=C(C#N)C#N)/C1. The number of aliphatic hydroxyl groups excluding tert-OH is 2. The summed E-state index contributed by atoms with van der Waals surface area (Å²) in [5.74, 6) is 0. The van der Waals surface area contributed by atoms with Gasteiger partial charge in [-0.25, -0.2) is 0 Å². The Morgan fingerprint density at radius 2 is 1.67 bits per heavy atom. The van der Waals surface area contributed by atoms with Gasteiger partial charge in [-0.3, -0.25) is 0 Å². The second kappa shape index (κ2) is 11.2. The van der Waals surface area contributed by atoms with Crippen molar-refractivity contribution in [3.63, 3.8) is 0 Å². The van der Waals surface area contributed by atoms with E-state index in [4.69, 9.17) is 10.5 Å². The van der Waals surface area contributed by atoms with Gasteiger partial charge in [0.15, 0.2) is 0 Å². The first-order valence-electron chi connectivity index (χ1n) is 10.1. The summed E-state index contributed by atoms with van der Waals surface area (Å²) in [6, 6.07) is 11.8. The molecule has 5 heteroatoms. The van der Waals surface area contributed by atoms with Gasteiger partial charge in [0.1, 0.15) is 17.7 Å². The number of nitrogens with zero attached hydrogens (tertiary/aromatic N) is 3. The lowest BCUT2D eigenvalue weighted by atomic mass is 9.75. The fraction of sp³-hybridized carbons (Fsp3) is 0.360. The number of allylic oxidation sites excluding steroid dienone is 7. The molecule has 30 heavy (non-hydrogen) atoms. The lowest BCUT2D eigenvalue weighted by Gasteiger charge is -2.30. The summed E-state index contributed by atoms with van der Waals surface area (Å²) in [7, 11) is 0. The predicted octanol–water partition coefficient (Wildman–Crippen LogP) is 4.14. The van der Waals surface area contributed by atoms with E-state index in [-0.39, 0.29) is 24.2 Å². The van der Waals surface area contributed by atoms with Gasteiger partial charge in [0.05, 0.1) is 13.2 Å². The van der Waals surface area contributed by atoms with Gasteiger partial charge in [0.25, 0.3) is 0 Å². The number of hydrogen-bond acceptors (Lipinski definition) is 5. The van der Waals surface area contributed by atoms with E-state index in [2.05, 4.69) is 32.1 Å². The van der Waals surface area contributed by atoms with Crippen LogP contribution in [0.2, 0.25) is 0 Å². The van der Waals surface area contributed by atoms with Gasteiger partial charge in [-0.15, -0.1) is 0 Å². The monoisotopic (exact) mass is 403 g/mol. The Kier molecular flexibility index (Phi) is 8.62. The summed E-state index contributed by atoms with van der Waals surface area (Å²) in [4.78, 5) is 1.95. The fourth-order valence-corrected chi connectivity index (χ4v) is 3.62. The van der Waals surface area contributed by atoms with Crippen molar-refractivity contribution < 1.29 is 10.2 Å². The highest BCUT2D eigenvalue weighted by Crippen LogP contribution is 2.38. The molecular formula is C25H29N3O2.